The Morgan fingerprint density at radius 1 is 1.30 bits per heavy atom. The maximum Gasteiger partial charge on any atom is 0.338 e. The number of nitrogens with zero attached hydrogens (tertiary/aromatic N) is 3. The summed E-state index contributed by atoms with van der Waals surface area (Å²) in [5.74, 6) is 1.21. The molecule has 1 atom stereocenters. The van der Waals surface area contributed by atoms with Gasteiger partial charge in [0.15, 0.2) is 0 Å². The van der Waals surface area contributed by atoms with Crippen LogP contribution < -0.4 is 0 Å². The van der Waals surface area contributed by atoms with E-state index in [2.05, 4.69) is 10.1 Å². The lowest BCUT2D eigenvalue weighted by molar-refractivity contribution is -0.0300. The fourth-order valence-corrected chi connectivity index (χ4v) is 2.70. The fourth-order valence-electron chi connectivity index (χ4n) is 2.70. The van der Waals surface area contributed by atoms with Gasteiger partial charge in [-0.3, -0.25) is 0 Å². The zero-order chi connectivity index (χ0) is 16.2. The number of aromatic nitrogens is 3. The molecule has 1 aromatic carbocycles. The van der Waals surface area contributed by atoms with E-state index >= 15 is 0 Å². The van der Waals surface area contributed by atoms with E-state index in [9.17, 15) is 4.79 Å². The van der Waals surface area contributed by atoms with Gasteiger partial charge >= 0.3 is 5.97 Å². The first-order valence-electron chi connectivity index (χ1n) is 7.93. The third-order valence-corrected chi connectivity index (χ3v) is 3.90. The lowest BCUT2D eigenvalue weighted by Gasteiger charge is -2.22. The van der Waals surface area contributed by atoms with E-state index in [0.717, 1.165) is 43.2 Å². The number of carbonyl (C=O) groups excluding carboxylic acids is 1. The highest BCUT2D eigenvalue weighted by molar-refractivity contribution is 5.89. The second kappa shape index (κ2) is 6.91. The molecule has 2 heterocycles. The molecule has 0 bridgehead atoms. The molecule has 0 amide bonds. The standard InChI is InChI=1S/C17H21N3O3/c1-12-18-13(2)20(19-12)15-8-6-14(7-9-15)17(21)23-11-16-5-3-4-10-22-16/h6-9,16H,3-5,10-11H2,1-2H3/t16-/m0/s1. The Labute approximate surface area is 135 Å². The van der Waals surface area contributed by atoms with Crippen LogP contribution in [0.3, 0.4) is 0 Å². The van der Waals surface area contributed by atoms with Gasteiger partial charge in [-0.15, -0.1) is 0 Å². The summed E-state index contributed by atoms with van der Waals surface area (Å²) in [6, 6.07) is 7.18. The van der Waals surface area contributed by atoms with Crippen LogP contribution in [0.15, 0.2) is 24.3 Å². The quantitative estimate of drug-likeness (QED) is 0.811. The van der Waals surface area contributed by atoms with E-state index in [4.69, 9.17) is 9.47 Å². The summed E-state index contributed by atoms with van der Waals surface area (Å²) in [5.41, 5.74) is 1.40. The van der Waals surface area contributed by atoms with Crippen LogP contribution in [0.2, 0.25) is 0 Å². The molecule has 0 unspecified atom stereocenters. The number of hydrogen-bond acceptors (Lipinski definition) is 5. The van der Waals surface area contributed by atoms with Crippen LogP contribution in [0.1, 0.15) is 41.3 Å². The average molecular weight is 315 g/mol. The predicted molar refractivity (Wildman–Crippen MR) is 84.7 cm³/mol. The molecule has 23 heavy (non-hydrogen) atoms. The Balaban J connectivity index is 1.62. The third kappa shape index (κ3) is 3.76. The number of hydrogen-bond donors (Lipinski definition) is 0. The molecule has 122 valence electrons. The monoisotopic (exact) mass is 315 g/mol. The summed E-state index contributed by atoms with van der Waals surface area (Å²) >= 11 is 0. The SMILES string of the molecule is Cc1nc(C)n(-c2ccc(C(=O)OC[C@@H]3CCCCO3)cc2)n1. The Morgan fingerprint density at radius 3 is 2.70 bits per heavy atom. The molecule has 0 spiro atoms. The molecule has 1 aliphatic rings. The van der Waals surface area contributed by atoms with Crippen LogP contribution in [0.4, 0.5) is 0 Å². The van der Waals surface area contributed by atoms with Crippen molar-refractivity contribution in [1.29, 1.82) is 0 Å². The van der Waals surface area contributed by atoms with Crippen molar-refractivity contribution < 1.29 is 14.3 Å². The second-order valence-electron chi connectivity index (χ2n) is 5.75. The Bertz CT molecular complexity index is 673. The average Bonchev–Trinajstić information content (AvgIpc) is 2.92. The smallest absolute Gasteiger partial charge is 0.338 e. The van der Waals surface area contributed by atoms with E-state index in [1.807, 2.05) is 26.0 Å². The predicted octanol–water partition coefficient (Wildman–Crippen LogP) is 2.61. The number of aryl methyl sites for hydroxylation is 2. The van der Waals surface area contributed by atoms with Crippen molar-refractivity contribution in [2.45, 2.75) is 39.2 Å². The highest BCUT2D eigenvalue weighted by Gasteiger charge is 2.17. The summed E-state index contributed by atoms with van der Waals surface area (Å²) in [6.07, 6.45) is 3.21. The van der Waals surface area contributed by atoms with Crippen LogP contribution in [0, 0.1) is 13.8 Å². The van der Waals surface area contributed by atoms with Gasteiger partial charge < -0.3 is 9.47 Å². The molecule has 6 nitrogen and oxygen atoms in total. The van der Waals surface area contributed by atoms with Crippen molar-refractivity contribution in [3.8, 4) is 5.69 Å². The minimum absolute atomic E-state index is 0.0350. The summed E-state index contributed by atoms with van der Waals surface area (Å²) in [4.78, 5) is 16.4. The molecule has 1 aromatic heterocycles. The molecule has 1 saturated heterocycles. The van der Waals surface area contributed by atoms with Crippen molar-refractivity contribution in [2.24, 2.45) is 0 Å². The number of esters is 1. The maximum absolute atomic E-state index is 12.1. The lowest BCUT2D eigenvalue weighted by Crippen LogP contribution is -2.25. The minimum atomic E-state index is -0.322. The Hall–Kier alpha value is -2.21. The molecule has 6 heteroatoms. The zero-order valence-corrected chi connectivity index (χ0v) is 13.5. The molecular weight excluding hydrogens is 294 g/mol. The van der Waals surface area contributed by atoms with Gasteiger partial charge in [-0.05, 0) is 57.4 Å². The van der Waals surface area contributed by atoms with Gasteiger partial charge in [0.25, 0.3) is 0 Å². The van der Waals surface area contributed by atoms with Crippen LogP contribution in [-0.4, -0.2) is 40.1 Å². The number of ether oxygens (including phenoxy) is 2. The fraction of sp³-hybridized carbons (Fsp3) is 0.471. The van der Waals surface area contributed by atoms with Crippen LogP contribution >= 0.6 is 0 Å². The first-order chi connectivity index (χ1) is 11.1. The molecule has 2 aromatic rings. The van der Waals surface area contributed by atoms with E-state index in [1.165, 1.54) is 0 Å². The van der Waals surface area contributed by atoms with E-state index in [-0.39, 0.29) is 12.1 Å². The van der Waals surface area contributed by atoms with Crippen molar-refractivity contribution in [3.05, 3.63) is 41.5 Å². The lowest BCUT2D eigenvalue weighted by atomic mass is 10.1. The van der Waals surface area contributed by atoms with Gasteiger partial charge in [-0.2, -0.15) is 5.10 Å². The normalized spacial score (nSPS) is 17.9. The van der Waals surface area contributed by atoms with Gasteiger partial charge in [0, 0.05) is 6.61 Å². The summed E-state index contributed by atoms with van der Waals surface area (Å²) in [7, 11) is 0. The van der Waals surface area contributed by atoms with Gasteiger partial charge in [0.05, 0.1) is 17.4 Å². The first-order valence-corrected chi connectivity index (χ1v) is 7.93. The largest absolute Gasteiger partial charge is 0.459 e. The molecule has 1 fully saturated rings. The van der Waals surface area contributed by atoms with Gasteiger partial charge in [-0.1, -0.05) is 0 Å². The molecule has 0 saturated carbocycles. The van der Waals surface area contributed by atoms with Crippen LogP contribution in [-0.2, 0) is 9.47 Å². The summed E-state index contributed by atoms with van der Waals surface area (Å²) < 4.78 is 12.7. The Morgan fingerprint density at radius 2 is 2.09 bits per heavy atom. The number of benzene rings is 1. The van der Waals surface area contributed by atoms with Crippen LogP contribution in [0.25, 0.3) is 5.69 Å². The third-order valence-electron chi connectivity index (χ3n) is 3.90. The number of carbonyl (C=O) groups is 1. The molecule has 0 aliphatic carbocycles. The van der Waals surface area contributed by atoms with Gasteiger partial charge in [0.1, 0.15) is 18.3 Å². The number of rotatable bonds is 4. The van der Waals surface area contributed by atoms with Crippen molar-refractivity contribution >= 4 is 5.97 Å². The van der Waals surface area contributed by atoms with Gasteiger partial charge in [0.2, 0.25) is 0 Å². The van der Waals surface area contributed by atoms with Crippen molar-refractivity contribution in [1.82, 2.24) is 14.8 Å². The summed E-state index contributed by atoms with van der Waals surface area (Å²) in [6.45, 7) is 4.82. The van der Waals surface area contributed by atoms with Gasteiger partial charge in [-0.25, -0.2) is 14.5 Å². The van der Waals surface area contributed by atoms with E-state index in [0.29, 0.717) is 12.2 Å². The highest BCUT2D eigenvalue weighted by Crippen LogP contribution is 2.15. The summed E-state index contributed by atoms with van der Waals surface area (Å²) in [5, 5.41) is 4.33. The van der Waals surface area contributed by atoms with Crippen LogP contribution in [0.5, 0.6) is 0 Å². The Kier molecular flexibility index (Phi) is 4.71. The van der Waals surface area contributed by atoms with E-state index in [1.54, 1.807) is 16.8 Å². The van der Waals surface area contributed by atoms with E-state index < -0.39 is 0 Å². The topological polar surface area (TPSA) is 66.2 Å². The molecule has 0 radical (unpaired) electrons. The second-order valence-corrected chi connectivity index (χ2v) is 5.75. The van der Waals surface area contributed by atoms with Crippen molar-refractivity contribution in [2.75, 3.05) is 13.2 Å². The highest BCUT2D eigenvalue weighted by atomic mass is 16.6. The minimum Gasteiger partial charge on any atom is -0.459 e. The van der Waals surface area contributed by atoms with Crippen molar-refractivity contribution in [3.63, 3.8) is 0 Å². The molecule has 0 N–H and O–H groups in total. The maximum atomic E-state index is 12.1. The zero-order valence-electron chi connectivity index (χ0n) is 13.5. The molecular formula is C17H21N3O3. The molecule has 1 aliphatic heterocycles. The molecule has 3 rings (SSSR count). The first kappa shape index (κ1) is 15.7.